The zero-order chi connectivity index (χ0) is 15.1. The van der Waals surface area contributed by atoms with Gasteiger partial charge in [0.05, 0.1) is 0 Å². The number of hydrogen-bond acceptors (Lipinski definition) is 4. The number of likely N-dealkylation sites (N-methyl/N-ethyl adjacent to an activating group) is 1. The molecule has 1 fully saturated rings. The first-order valence-electron chi connectivity index (χ1n) is 6.46. The number of likely N-dealkylation sites (tertiary alicyclic amines) is 1. The number of carbonyl (C=O) groups excluding carboxylic acids is 2. The molecule has 1 saturated heterocycles. The van der Waals surface area contributed by atoms with Crippen LogP contribution in [0.2, 0.25) is 0 Å². The molecule has 0 aromatic rings. The van der Waals surface area contributed by atoms with Crippen molar-refractivity contribution in [1.29, 1.82) is 0 Å². The minimum Gasteiger partial charge on any atom is -0.480 e. The van der Waals surface area contributed by atoms with Crippen LogP contribution >= 0.6 is 11.8 Å². The van der Waals surface area contributed by atoms with Gasteiger partial charge in [-0.1, -0.05) is 0 Å². The summed E-state index contributed by atoms with van der Waals surface area (Å²) in [7, 11) is 1.69. The van der Waals surface area contributed by atoms with Crippen molar-refractivity contribution in [2.75, 3.05) is 25.6 Å². The highest BCUT2D eigenvalue weighted by molar-refractivity contribution is 7.98. The Morgan fingerprint density at radius 1 is 1.55 bits per heavy atom. The summed E-state index contributed by atoms with van der Waals surface area (Å²) in [6.45, 7) is 0.453. The Labute approximate surface area is 122 Å². The van der Waals surface area contributed by atoms with Gasteiger partial charge in [-0.05, 0) is 24.9 Å². The molecule has 2 unspecified atom stereocenters. The van der Waals surface area contributed by atoms with Crippen LogP contribution in [0.4, 0.5) is 4.79 Å². The standard InChI is InChI=1S/C12H21N3O4S/c1-15-7-8(3-4-10(15)16)13-12(19)14-9(11(17)18)5-6-20-2/h8-9H,3-7H2,1-2H3,(H,17,18)(H2,13,14,19). The fraction of sp³-hybridized carbons (Fsp3) is 0.750. The highest BCUT2D eigenvalue weighted by Gasteiger charge is 2.25. The van der Waals surface area contributed by atoms with Crippen LogP contribution in [0.25, 0.3) is 0 Å². The lowest BCUT2D eigenvalue weighted by atomic mass is 10.1. The van der Waals surface area contributed by atoms with E-state index in [1.807, 2.05) is 6.26 Å². The molecule has 2 atom stereocenters. The molecule has 20 heavy (non-hydrogen) atoms. The van der Waals surface area contributed by atoms with Crippen LogP contribution in [0.3, 0.4) is 0 Å². The molecule has 0 saturated carbocycles. The monoisotopic (exact) mass is 303 g/mol. The highest BCUT2D eigenvalue weighted by atomic mass is 32.2. The molecule has 8 heteroatoms. The number of nitrogens with zero attached hydrogens (tertiary/aromatic N) is 1. The molecule has 3 N–H and O–H groups in total. The average molecular weight is 303 g/mol. The molecule has 0 spiro atoms. The lowest BCUT2D eigenvalue weighted by Gasteiger charge is -2.30. The van der Waals surface area contributed by atoms with Crippen LogP contribution in [0.5, 0.6) is 0 Å². The van der Waals surface area contributed by atoms with Crippen molar-refractivity contribution in [2.45, 2.75) is 31.3 Å². The molecule has 1 heterocycles. The predicted molar refractivity (Wildman–Crippen MR) is 76.7 cm³/mol. The Morgan fingerprint density at radius 2 is 2.25 bits per heavy atom. The molecule has 1 rings (SSSR count). The van der Waals surface area contributed by atoms with Crippen LogP contribution in [0.1, 0.15) is 19.3 Å². The van der Waals surface area contributed by atoms with Gasteiger partial charge in [0, 0.05) is 26.1 Å². The third-order valence-corrected chi connectivity index (χ3v) is 3.82. The van der Waals surface area contributed by atoms with E-state index in [9.17, 15) is 14.4 Å². The maximum absolute atomic E-state index is 11.8. The first kappa shape index (κ1) is 16.6. The van der Waals surface area contributed by atoms with Gasteiger partial charge in [-0.3, -0.25) is 4.79 Å². The first-order valence-corrected chi connectivity index (χ1v) is 7.86. The van der Waals surface area contributed by atoms with Crippen molar-refractivity contribution >= 4 is 29.7 Å². The van der Waals surface area contributed by atoms with Gasteiger partial charge in [-0.25, -0.2) is 9.59 Å². The molecule has 7 nitrogen and oxygen atoms in total. The van der Waals surface area contributed by atoms with Gasteiger partial charge in [0.15, 0.2) is 0 Å². The summed E-state index contributed by atoms with van der Waals surface area (Å²) in [4.78, 5) is 35.7. The van der Waals surface area contributed by atoms with E-state index in [2.05, 4.69) is 10.6 Å². The second-order valence-corrected chi connectivity index (χ2v) is 5.79. The minimum absolute atomic E-state index is 0.0619. The molecular formula is C12H21N3O4S. The van der Waals surface area contributed by atoms with Crippen molar-refractivity contribution in [2.24, 2.45) is 0 Å². The van der Waals surface area contributed by atoms with Crippen LogP contribution < -0.4 is 10.6 Å². The fourth-order valence-corrected chi connectivity index (χ4v) is 2.48. The number of piperidine rings is 1. The van der Waals surface area contributed by atoms with Crippen LogP contribution in [0.15, 0.2) is 0 Å². The summed E-state index contributed by atoms with van der Waals surface area (Å²) in [6.07, 6.45) is 3.25. The highest BCUT2D eigenvalue weighted by Crippen LogP contribution is 2.09. The van der Waals surface area contributed by atoms with E-state index < -0.39 is 18.0 Å². The molecule has 0 aromatic carbocycles. The Morgan fingerprint density at radius 3 is 2.80 bits per heavy atom. The Hall–Kier alpha value is -1.44. The number of nitrogens with one attached hydrogen (secondary N) is 2. The lowest BCUT2D eigenvalue weighted by Crippen LogP contribution is -2.53. The molecule has 1 aliphatic rings. The summed E-state index contributed by atoms with van der Waals surface area (Å²) in [5, 5.41) is 14.2. The summed E-state index contributed by atoms with van der Waals surface area (Å²) in [5.74, 6) is -0.310. The van der Waals surface area contributed by atoms with Crippen molar-refractivity contribution < 1.29 is 19.5 Å². The van der Waals surface area contributed by atoms with Crippen LogP contribution in [0, 0.1) is 0 Å². The van der Waals surface area contributed by atoms with Crippen LogP contribution in [-0.2, 0) is 9.59 Å². The van der Waals surface area contributed by atoms with E-state index in [1.165, 1.54) is 11.8 Å². The zero-order valence-corrected chi connectivity index (χ0v) is 12.5. The quantitative estimate of drug-likeness (QED) is 0.647. The normalized spacial score (nSPS) is 20.4. The van der Waals surface area contributed by atoms with Crippen molar-refractivity contribution in [1.82, 2.24) is 15.5 Å². The number of carboxylic acid groups (broad SMARTS) is 1. The molecule has 114 valence electrons. The number of aliphatic carboxylic acids is 1. The summed E-state index contributed by atoms with van der Waals surface area (Å²) >= 11 is 1.53. The maximum atomic E-state index is 11.8. The molecule has 0 bridgehead atoms. The van der Waals surface area contributed by atoms with Gasteiger partial charge in [-0.15, -0.1) is 0 Å². The Bertz CT molecular complexity index is 378. The van der Waals surface area contributed by atoms with E-state index in [0.717, 1.165) is 0 Å². The fourth-order valence-electron chi connectivity index (χ4n) is 2.01. The third-order valence-electron chi connectivity index (χ3n) is 3.18. The number of thioether (sulfide) groups is 1. The third kappa shape index (κ3) is 5.28. The minimum atomic E-state index is -1.04. The van der Waals surface area contributed by atoms with E-state index in [1.54, 1.807) is 11.9 Å². The molecule has 0 aromatic heterocycles. The van der Waals surface area contributed by atoms with Gasteiger partial charge in [0.25, 0.3) is 0 Å². The summed E-state index contributed by atoms with van der Waals surface area (Å²) in [5.41, 5.74) is 0. The van der Waals surface area contributed by atoms with E-state index >= 15 is 0 Å². The number of carboxylic acids is 1. The van der Waals surface area contributed by atoms with Gasteiger partial charge < -0.3 is 20.6 Å². The first-order chi connectivity index (χ1) is 9.43. The Kier molecular flexibility index (Phi) is 6.63. The van der Waals surface area contributed by atoms with E-state index in [0.29, 0.717) is 31.6 Å². The number of hydrogen-bond donors (Lipinski definition) is 3. The number of carbonyl (C=O) groups is 3. The van der Waals surface area contributed by atoms with E-state index in [-0.39, 0.29) is 11.9 Å². The second kappa shape index (κ2) is 7.98. The number of amides is 3. The molecule has 3 amide bonds. The largest absolute Gasteiger partial charge is 0.480 e. The topological polar surface area (TPSA) is 98.7 Å². The SMILES string of the molecule is CSCCC(NC(=O)NC1CCC(=O)N(C)C1)C(=O)O. The van der Waals surface area contributed by atoms with Gasteiger partial charge in [0.1, 0.15) is 6.04 Å². The smallest absolute Gasteiger partial charge is 0.326 e. The Balaban J connectivity index is 2.41. The van der Waals surface area contributed by atoms with E-state index in [4.69, 9.17) is 5.11 Å². The predicted octanol–water partition coefficient (Wildman–Crippen LogP) is 0.113. The van der Waals surface area contributed by atoms with Crippen molar-refractivity contribution in [3.05, 3.63) is 0 Å². The maximum Gasteiger partial charge on any atom is 0.326 e. The molecule has 0 radical (unpaired) electrons. The van der Waals surface area contributed by atoms with Crippen molar-refractivity contribution in [3.8, 4) is 0 Å². The average Bonchev–Trinajstić information content (AvgIpc) is 2.38. The number of urea groups is 1. The molecule has 1 aliphatic heterocycles. The second-order valence-electron chi connectivity index (χ2n) is 4.80. The molecular weight excluding hydrogens is 282 g/mol. The summed E-state index contributed by atoms with van der Waals surface area (Å²) < 4.78 is 0. The van der Waals surface area contributed by atoms with Gasteiger partial charge in [0.2, 0.25) is 5.91 Å². The zero-order valence-electron chi connectivity index (χ0n) is 11.7. The van der Waals surface area contributed by atoms with Gasteiger partial charge in [-0.2, -0.15) is 11.8 Å². The lowest BCUT2D eigenvalue weighted by molar-refractivity contribution is -0.139. The van der Waals surface area contributed by atoms with Crippen LogP contribution in [-0.4, -0.2) is 65.6 Å². The van der Waals surface area contributed by atoms with Crippen molar-refractivity contribution in [3.63, 3.8) is 0 Å². The van der Waals surface area contributed by atoms with Gasteiger partial charge >= 0.3 is 12.0 Å². The summed E-state index contributed by atoms with van der Waals surface area (Å²) in [6, 6.07) is -1.51. The number of rotatable bonds is 6. The molecule has 0 aliphatic carbocycles.